The molecule has 0 bridgehead atoms. The van der Waals surface area contributed by atoms with Crippen molar-refractivity contribution >= 4 is 52.3 Å². The van der Waals surface area contributed by atoms with Gasteiger partial charge in [0.15, 0.2) is 6.23 Å². The first-order valence-corrected chi connectivity index (χ1v) is 11.8. The Hall–Kier alpha value is -0.264. The largest absolute Gasteiger partial charge is 2.00 e. The second-order valence-electron chi connectivity index (χ2n) is 5.48. The number of phosphoric acid groups is 3. The number of nitrogens with zero attached hydrogens (tertiary/aromatic N) is 2. The van der Waals surface area contributed by atoms with Gasteiger partial charge in [0.05, 0.1) is 6.61 Å². The van der Waals surface area contributed by atoms with Gasteiger partial charge in [0.2, 0.25) is 0 Å². The minimum Gasteiger partial charge on any atom is -1.00 e. The molecule has 170 valence electrons. The quantitative estimate of drug-likeness (QED) is 0.142. The van der Waals surface area contributed by atoms with E-state index in [9.17, 15) is 33.6 Å². The number of phosphoric ester groups is 1. The Morgan fingerprint density at radius 3 is 2.27 bits per heavy atom. The van der Waals surface area contributed by atoms with Crippen LogP contribution in [0.1, 0.15) is 9.08 Å². The van der Waals surface area contributed by atoms with Crippen LogP contribution in [0.5, 0.6) is 0 Å². The van der Waals surface area contributed by atoms with Crippen molar-refractivity contribution in [2.75, 3.05) is 12.3 Å². The van der Waals surface area contributed by atoms with Crippen LogP contribution in [0, 0.1) is 0 Å². The summed E-state index contributed by atoms with van der Waals surface area (Å²) in [4.78, 5) is 50.5. The van der Waals surface area contributed by atoms with Gasteiger partial charge < -0.3 is 43.1 Å². The topological polar surface area (TPSA) is 270 Å². The van der Waals surface area contributed by atoms with E-state index in [0.717, 1.165) is 10.8 Å². The molecule has 1 fully saturated rings. The summed E-state index contributed by atoms with van der Waals surface area (Å²) in [6.07, 6.45) is -5.38. The number of aliphatic hydroxyl groups excluding tert-OH is 2. The third-order valence-corrected chi connectivity index (χ3v) is 7.08. The summed E-state index contributed by atoms with van der Waals surface area (Å²) in [7, 11) is -16.7. The van der Waals surface area contributed by atoms with Gasteiger partial charge in [0.1, 0.15) is 24.1 Å². The first-order chi connectivity index (χ1) is 13.1. The van der Waals surface area contributed by atoms with Gasteiger partial charge in [-0.1, -0.05) is 0 Å². The molecule has 0 amide bonds. The molecule has 30 heavy (non-hydrogen) atoms. The fourth-order valence-electron chi connectivity index (χ4n) is 2.19. The molecule has 1 aliphatic heterocycles. The van der Waals surface area contributed by atoms with E-state index in [1.807, 2.05) is 0 Å². The number of hydrogen-bond donors (Lipinski definition) is 7. The van der Waals surface area contributed by atoms with Gasteiger partial charge in [0.25, 0.3) is 0 Å². The van der Waals surface area contributed by atoms with Crippen LogP contribution >= 0.6 is 23.5 Å². The zero-order valence-electron chi connectivity index (χ0n) is 16.6. The predicted molar refractivity (Wildman–Crippen MR) is 96.6 cm³/mol. The van der Waals surface area contributed by atoms with Crippen LogP contribution in [0.3, 0.4) is 0 Å². The summed E-state index contributed by atoms with van der Waals surface area (Å²) in [5, 5.41) is 20.0. The zero-order valence-corrected chi connectivity index (χ0v) is 18.7. The average molecular weight is 509 g/mol. The molecule has 0 saturated carbocycles. The van der Waals surface area contributed by atoms with E-state index in [2.05, 4.69) is 18.1 Å². The molecule has 2 heterocycles. The summed E-state index contributed by atoms with van der Waals surface area (Å²) >= 11 is 0. The molecule has 2 unspecified atom stereocenters. The van der Waals surface area contributed by atoms with Gasteiger partial charge in [-0.2, -0.15) is 13.6 Å². The van der Waals surface area contributed by atoms with E-state index >= 15 is 0 Å². The maximum absolute atomic E-state index is 11.8. The molecule has 1 aromatic rings. The molecular formula is C9H18MgN3O14P3. The number of aliphatic hydroxyl groups is 2. The van der Waals surface area contributed by atoms with Crippen molar-refractivity contribution in [2.45, 2.75) is 24.5 Å². The van der Waals surface area contributed by atoms with Crippen LogP contribution in [0.2, 0.25) is 0 Å². The Bertz CT molecular complexity index is 963. The van der Waals surface area contributed by atoms with E-state index in [-0.39, 0.29) is 31.7 Å². The van der Waals surface area contributed by atoms with Crippen molar-refractivity contribution in [3.05, 3.63) is 22.7 Å². The van der Waals surface area contributed by atoms with Gasteiger partial charge >= 0.3 is 52.2 Å². The number of ether oxygens (including phenoxy) is 1. The molecule has 0 radical (unpaired) electrons. The number of anilines is 1. The molecule has 1 aliphatic rings. The van der Waals surface area contributed by atoms with Gasteiger partial charge in [-0.15, -0.1) is 0 Å². The third kappa shape index (κ3) is 7.70. The molecule has 8 N–H and O–H groups in total. The standard InChI is InChI=1S/C9H16N3O14P3.Mg.2H/c10-5-1-2-12(9(15)11-5)8-7(14)6(13)4(24-8)3-23-28(19,20)26-29(21,22)25-27(16,17)18;;;/h1-2,4,6-8,13-14H,3H2,(H,19,20)(H,21,22)(H2,10,11,15)(H2,16,17,18);;;/q;+2;2*-1/t4-,6-,7-,8-;;;/m1.../s1. The normalized spacial score (nSPS) is 28.3. The molecule has 1 aromatic heterocycles. The molecule has 0 aliphatic carbocycles. The van der Waals surface area contributed by atoms with Crippen LogP contribution in [0.25, 0.3) is 0 Å². The third-order valence-electron chi connectivity index (χ3n) is 3.28. The van der Waals surface area contributed by atoms with Crippen molar-refractivity contribution < 1.29 is 64.2 Å². The monoisotopic (exact) mass is 509 g/mol. The van der Waals surface area contributed by atoms with Crippen LogP contribution < -0.4 is 11.4 Å². The number of hydrogen-bond acceptors (Lipinski definition) is 12. The molecule has 2 rings (SSSR count). The summed E-state index contributed by atoms with van der Waals surface area (Å²) in [6.45, 7) is -1.02. The maximum Gasteiger partial charge on any atom is 2.00 e. The Labute approximate surface area is 186 Å². The predicted octanol–water partition coefficient (Wildman–Crippen LogP) is -2.37. The number of nitrogen functional groups attached to an aromatic ring is 1. The van der Waals surface area contributed by atoms with Crippen LogP contribution in [-0.2, 0) is 31.6 Å². The first-order valence-electron chi connectivity index (χ1n) is 7.25. The smallest absolute Gasteiger partial charge is 1.00 e. The molecule has 1 saturated heterocycles. The number of aromatic nitrogens is 2. The number of rotatable bonds is 8. The van der Waals surface area contributed by atoms with Gasteiger partial charge in [-0.05, 0) is 6.07 Å². The number of nitrogens with two attached hydrogens (primary N) is 1. The molecular weight excluding hydrogens is 491 g/mol. The van der Waals surface area contributed by atoms with Crippen molar-refractivity contribution in [1.29, 1.82) is 0 Å². The van der Waals surface area contributed by atoms with E-state index in [0.29, 0.717) is 0 Å². The molecule has 17 nitrogen and oxygen atoms in total. The summed E-state index contributed by atoms with van der Waals surface area (Å²) in [5.41, 5.74) is 4.39. The fraction of sp³-hybridized carbons (Fsp3) is 0.556. The van der Waals surface area contributed by atoms with Crippen molar-refractivity contribution in [1.82, 2.24) is 9.55 Å². The SMILES string of the molecule is Nc1ccn([C@@H]2O[C@H](COP(=O)(O)OP(=O)(O)OP(=O)(O)O)[C@@H](O)[C@H]2O)c(=O)n1.[H-].[H-].[Mg+2]. The van der Waals surface area contributed by atoms with Gasteiger partial charge in [-0.25, -0.2) is 18.5 Å². The molecule has 0 aromatic carbocycles. The van der Waals surface area contributed by atoms with E-state index in [1.54, 1.807) is 0 Å². The average Bonchev–Trinajstić information content (AvgIpc) is 2.78. The Morgan fingerprint density at radius 2 is 1.73 bits per heavy atom. The van der Waals surface area contributed by atoms with E-state index < -0.39 is 60.3 Å². The Kier molecular flexibility index (Phi) is 9.37. The van der Waals surface area contributed by atoms with Gasteiger partial charge in [-0.3, -0.25) is 9.09 Å². The first kappa shape index (κ1) is 27.8. The maximum atomic E-state index is 11.8. The fourth-order valence-corrected chi connectivity index (χ4v) is 5.22. The Morgan fingerprint density at radius 1 is 1.13 bits per heavy atom. The van der Waals surface area contributed by atoms with Crippen LogP contribution in [0.4, 0.5) is 5.82 Å². The van der Waals surface area contributed by atoms with Crippen molar-refractivity contribution in [3.8, 4) is 0 Å². The Balaban J connectivity index is 0. The summed E-state index contributed by atoms with van der Waals surface area (Å²) in [6, 6.07) is 1.20. The summed E-state index contributed by atoms with van der Waals surface area (Å²) in [5.74, 6) is -0.122. The second kappa shape index (κ2) is 10.1. The second-order valence-corrected chi connectivity index (χ2v) is 9.90. The van der Waals surface area contributed by atoms with Crippen LogP contribution in [0.15, 0.2) is 17.1 Å². The minimum atomic E-state index is -5.71. The van der Waals surface area contributed by atoms with Crippen LogP contribution in [-0.4, -0.2) is 87.3 Å². The van der Waals surface area contributed by atoms with Crippen molar-refractivity contribution in [3.63, 3.8) is 0 Å². The van der Waals surface area contributed by atoms with E-state index in [4.69, 9.17) is 25.2 Å². The molecule has 6 atom stereocenters. The van der Waals surface area contributed by atoms with E-state index in [1.165, 1.54) is 6.07 Å². The minimum absolute atomic E-state index is 0. The molecule has 0 spiro atoms. The molecule has 21 heteroatoms. The zero-order chi connectivity index (χ0) is 22.2. The van der Waals surface area contributed by atoms with Gasteiger partial charge in [0, 0.05) is 6.20 Å². The van der Waals surface area contributed by atoms with Crippen molar-refractivity contribution in [2.24, 2.45) is 0 Å². The summed E-state index contributed by atoms with van der Waals surface area (Å²) < 4.78 is 50.8.